The average Bonchev–Trinajstić information content (AvgIpc) is 3.51. The number of quaternary nitrogens is 4. The maximum Gasteiger partial charge on any atom is 0.482 e. The average molecular weight is 583 g/mol. The first-order valence-electron chi connectivity index (χ1n) is 15.4. The van der Waals surface area contributed by atoms with E-state index < -0.39 is 17.8 Å². The number of hydrogen-bond acceptors (Lipinski definition) is 6. The molecule has 4 fully saturated rings. The van der Waals surface area contributed by atoms with Gasteiger partial charge in [0, 0.05) is 13.0 Å². The number of Topliss-reactive ketones (excluding diaryl/α,β-unsaturated/α-hetero) is 1. The second-order valence-electron chi connectivity index (χ2n) is 13.1. The third-order valence-corrected chi connectivity index (χ3v) is 10.8. The number of carbonyl (C=O) groups is 3. The molecule has 4 saturated heterocycles. The minimum absolute atomic E-state index is 0.0124. The lowest BCUT2D eigenvalue weighted by molar-refractivity contribution is -1.36. The molecule has 0 radical (unpaired) electrons. The lowest BCUT2D eigenvalue weighted by atomic mass is 10.1. The van der Waals surface area contributed by atoms with Crippen molar-refractivity contribution in [3.8, 4) is 0 Å². The van der Waals surface area contributed by atoms with E-state index in [1.807, 2.05) is 0 Å². The minimum Gasteiger partial charge on any atom is -0.477 e. The first kappa shape index (κ1) is 30.5. The molecule has 5 heterocycles. The van der Waals surface area contributed by atoms with Crippen molar-refractivity contribution < 1.29 is 56.7 Å². The smallest absolute Gasteiger partial charge is 0.477 e. The van der Waals surface area contributed by atoms with Crippen molar-refractivity contribution in [1.82, 2.24) is 0 Å². The van der Waals surface area contributed by atoms with Crippen LogP contribution in [0.15, 0.2) is 12.2 Å². The van der Waals surface area contributed by atoms with Crippen LogP contribution >= 0.6 is 0 Å². The number of rotatable bonds is 15. The molecule has 5 rings (SSSR count). The molecule has 5 aliphatic rings. The molecule has 0 saturated carbocycles. The van der Waals surface area contributed by atoms with Gasteiger partial charge in [-0.3, -0.25) is 4.79 Å². The maximum atomic E-state index is 13.5. The monoisotopic (exact) mass is 582 g/mol. The zero-order chi connectivity index (χ0) is 29.2. The van der Waals surface area contributed by atoms with E-state index in [2.05, 4.69) is 19.2 Å². The molecule has 0 aromatic rings. The van der Waals surface area contributed by atoms with E-state index >= 15 is 0 Å². The van der Waals surface area contributed by atoms with Crippen LogP contribution in [0.4, 0.5) is 0 Å². The second kappa shape index (κ2) is 12.0. The number of aliphatic carboxylic acids is 2. The van der Waals surface area contributed by atoms with Crippen LogP contribution < -0.4 is 0 Å². The summed E-state index contributed by atoms with van der Waals surface area (Å²) in [6.07, 6.45) is 8.44. The first-order chi connectivity index (χ1) is 19.6. The summed E-state index contributed by atoms with van der Waals surface area (Å²) in [6.45, 7) is 8.95. The Morgan fingerprint density at radius 3 is 2.00 bits per heavy atom. The molecule has 0 aromatic carbocycles. The molecule has 12 heteroatoms. The molecule has 1 spiro atoms. The lowest BCUT2D eigenvalue weighted by Gasteiger charge is -2.49. The molecule has 0 aromatic heterocycles. The normalized spacial score (nSPS) is 40.1. The Kier molecular flexibility index (Phi) is 8.92. The topological polar surface area (TPSA) is 119 Å². The van der Waals surface area contributed by atoms with Gasteiger partial charge in [-0.25, -0.2) is 9.59 Å². The minimum atomic E-state index is -0.845. The molecule has 5 aliphatic heterocycles. The summed E-state index contributed by atoms with van der Waals surface area (Å²) in [5, 5.41) is 20.0. The SMILES string of the molecule is C[N+]12CC[N+]3(CC(=O)O)CC[N+]4(CC(=O)O)CC[N+](CC(=O)CCCOCCOC[C@@H]5CC/C=C/CCO5)(CC1)C234. The fourth-order valence-corrected chi connectivity index (χ4v) is 9.69. The summed E-state index contributed by atoms with van der Waals surface area (Å²) in [6, 6.07) is 0. The van der Waals surface area contributed by atoms with Crippen LogP contribution in [0.2, 0.25) is 0 Å². The summed E-state index contributed by atoms with van der Waals surface area (Å²) in [5.41, 5.74) is 0. The zero-order valence-corrected chi connectivity index (χ0v) is 24.7. The van der Waals surface area contributed by atoms with Crippen molar-refractivity contribution in [2.45, 2.75) is 44.1 Å². The number of ketones is 1. The summed E-state index contributed by atoms with van der Waals surface area (Å²) >= 11 is 0. The molecule has 5 unspecified atom stereocenters. The maximum absolute atomic E-state index is 13.5. The first-order valence-corrected chi connectivity index (χ1v) is 15.4. The van der Waals surface area contributed by atoms with Gasteiger partial charge in [-0.15, -0.1) is 8.97 Å². The van der Waals surface area contributed by atoms with Crippen molar-refractivity contribution >= 4 is 17.7 Å². The Morgan fingerprint density at radius 1 is 0.805 bits per heavy atom. The molecular weight excluding hydrogens is 532 g/mol. The van der Waals surface area contributed by atoms with Gasteiger partial charge < -0.3 is 24.4 Å². The van der Waals surface area contributed by atoms with Crippen LogP contribution in [0.3, 0.4) is 0 Å². The van der Waals surface area contributed by atoms with Crippen LogP contribution in [0, 0.1) is 0 Å². The van der Waals surface area contributed by atoms with E-state index in [9.17, 15) is 24.6 Å². The van der Waals surface area contributed by atoms with Crippen molar-refractivity contribution in [1.29, 1.82) is 0 Å². The van der Waals surface area contributed by atoms with Crippen molar-refractivity contribution in [2.75, 3.05) is 112 Å². The van der Waals surface area contributed by atoms with Gasteiger partial charge in [0.2, 0.25) is 0 Å². The second-order valence-corrected chi connectivity index (χ2v) is 13.1. The summed E-state index contributed by atoms with van der Waals surface area (Å²) < 4.78 is 19.3. The lowest BCUT2D eigenvalue weighted by Crippen LogP contribution is -2.85. The Bertz CT molecular complexity index is 1020. The summed E-state index contributed by atoms with van der Waals surface area (Å²) in [4.78, 5) is 37.9. The number of hydrogen-bond donors (Lipinski definition) is 2. The third-order valence-electron chi connectivity index (χ3n) is 10.8. The zero-order valence-electron chi connectivity index (χ0n) is 24.7. The number of carboxylic acid groups (broad SMARTS) is 2. The molecule has 41 heavy (non-hydrogen) atoms. The predicted molar refractivity (Wildman–Crippen MR) is 147 cm³/mol. The number of likely N-dealkylation sites (N-methyl/N-ethyl adjacent to an activating group) is 1. The molecule has 0 amide bonds. The van der Waals surface area contributed by atoms with Gasteiger partial charge in [0.15, 0.2) is 25.4 Å². The Morgan fingerprint density at radius 2 is 1.37 bits per heavy atom. The van der Waals surface area contributed by atoms with E-state index in [-0.39, 0.29) is 25.0 Å². The third kappa shape index (κ3) is 5.15. The molecular formula is C29H50N4O8+4. The Labute approximate surface area is 243 Å². The van der Waals surface area contributed by atoms with Gasteiger partial charge in [-0.05, 0) is 25.7 Å². The highest BCUT2D eigenvalue weighted by atomic mass is 16.5. The van der Waals surface area contributed by atoms with Crippen LogP contribution in [-0.2, 0) is 28.6 Å². The highest BCUT2D eigenvalue weighted by molar-refractivity contribution is 5.79. The van der Waals surface area contributed by atoms with E-state index in [1.165, 1.54) is 0 Å². The number of carboxylic acids is 2. The molecule has 0 aliphatic carbocycles. The Hall–Kier alpha value is -1.93. The van der Waals surface area contributed by atoms with E-state index in [1.54, 1.807) is 0 Å². The number of nitrogens with zero attached hydrogens (tertiary/aromatic N) is 4. The summed E-state index contributed by atoms with van der Waals surface area (Å²) in [5.74, 6) is -2.18. The molecule has 12 nitrogen and oxygen atoms in total. The van der Waals surface area contributed by atoms with Crippen molar-refractivity contribution in [3.05, 3.63) is 12.2 Å². The number of carbonyl (C=O) groups excluding carboxylic acids is 1. The Balaban J connectivity index is 1.16. The summed E-state index contributed by atoms with van der Waals surface area (Å²) in [7, 11) is 2.19. The molecule has 6 atom stereocenters. The number of allylic oxidation sites excluding steroid dienone is 1. The van der Waals surface area contributed by atoms with Crippen molar-refractivity contribution in [2.24, 2.45) is 0 Å². The van der Waals surface area contributed by atoms with Gasteiger partial charge in [0.05, 0.1) is 39.6 Å². The van der Waals surface area contributed by atoms with E-state index in [0.717, 1.165) is 58.6 Å². The highest BCUT2D eigenvalue weighted by Crippen LogP contribution is 2.61. The van der Waals surface area contributed by atoms with Crippen LogP contribution in [0.25, 0.3) is 0 Å². The number of ether oxygens (including phenoxy) is 3. The van der Waals surface area contributed by atoms with E-state index in [0.29, 0.717) is 83.4 Å². The fourth-order valence-electron chi connectivity index (χ4n) is 9.69. The van der Waals surface area contributed by atoms with Crippen LogP contribution in [0.5, 0.6) is 0 Å². The van der Waals surface area contributed by atoms with Gasteiger partial charge in [0.25, 0.3) is 0 Å². The van der Waals surface area contributed by atoms with Crippen LogP contribution in [0.1, 0.15) is 32.1 Å². The molecule has 230 valence electrons. The van der Waals surface area contributed by atoms with Gasteiger partial charge >= 0.3 is 17.8 Å². The molecule has 2 N–H and O–H groups in total. The largest absolute Gasteiger partial charge is 0.482 e. The molecule has 0 bridgehead atoms. The van der Waals surface area contributed by atoms with E-state index in [4.69, 9.17) is 14.2 Å². The van der Waals surface area contributed by atoms with Crippen LogP contribution in [-0.4, -0.2) is 170 Å². The highest BCUT2D eigenvalue weighted by Gasteiger charge is 2.98. The predicted octanol–water partition coefficient (Wildman–Crippen LogP) is 0.226. The van der Waals surface area contributed by atoms with Gasteiger partial charge in [-0.2, -0.15) is 8.97 Å². The standard InChI is InChI=1S/C29H48N4O8/c1-30-9-11-31(21-25(34)7-6-17-39-19-20-40-24-26-8-4-2-3-5-18-41-26)13-14-33(23-28(37)38)16-15-32(12-10-30,22-27(35)36)29(30,31)33/h2-3,26H,4-24H2,1H3/q+2/p+2/b3-2+/t26-,29?,30?,31?,32?,33?/m0/s1. The fraction of sp³-hybridized carbons (Fsp3) is 0.828. The van der Waals surface area contributed by atoms with Gasteiger partial charge in [0.1, 0.15) is 52.4 Å². The van der Waals surface area contributed by atoms with Gasteiger partial charge in [-0.1, -0.05) is 12.2 Å². The quantitative estimate of drug-likeness (QED) is 0.160. The van der Waals surface area contributed by atoms with Crippen molar-refractivity contribution in [3.63, 3.8) is 0 Å².